The Hall–Kier alpha value is -1.08. The summed E-state index contributed by atoms with van der Waals surface area (Å²) in [4.78, 5) is 7.23. The lowest BCUT2D eigenvalue weighted by molar-refractivity contribution is 0.427. The molecule has 15 heavy (non-hydrogen) atoms. The van der Waals surface area contributed by atoms with Crippen molar-refractivity contribution >= 4 is 16.5 Å². The summed E-state index contributed by atoms with van der Waals surface area (Å²) in [6.07, 6.45) is 8.21. The number of hydrogen-bond acceptors (Lipinski definition) is 4. The van der Waals surface area contributed by atoms with Gasteiger partial charge in [0.25, 0.3) is 0 Å². The zero-order chi connectivity index (χ0) is 10.7. The van der Waals surface area contributed by atoms with Crippen molar-refractivity contribution in [2.24, 2.45) is 0 Å². The first-order valence-electron chi connectivity index (χ1n) is 5.40. The highest BCUT2D eigenvalue weighted by atomic mass is 32.1. The van der Waals surface area contributed by atoms with Crippen LogP contribution in [0.15, 0.2) is 6.20 Å². The quantitative estimate of drug-likeness (QED) is 0.771. The summed E-state index contributed by atoms with van der Waals surface area (Å²) in [6, 6.07) is 2.76. The molecule has 0 N–H and O–H groups in total. The van der Waals surface area contributed by atoms with E-state index >= 15 is 0 Å². The molecule has 3 nitrogen and oxygen atoms in total. The number of aromatic nitrogens is 1. The smallest absolute Gasteiger partial charge is 0.186 e. The molecule has 0 unspecified atom stereocenters. The van der Waals surface area contributed by atoms with E-state index in [4.69, 9.17) is 5.26 Å². The van der Waals surface area contributed by atoms with Gasteiger partial charge < -0.3 is 4.90 Å². The third-order valence-corrected chi connectivity index (χ3v) is 4.02. The van der Waals surface area contributed by atoms with Crippen LogP contribution in [0.2, 0.25) is 0 Å². The van der Waals surface area contributed by atoms with Crippen molar-refractivity contribution in [3.8, 4) is 6.07 Å². The number of anilines is 1. The van der Waals surface area contributed by atoms with Gasteiger partial charge in [-0.1, -0.05) is 30.6 Å². The van der Waals surface area contributed by atoms with Gasteiger partial charge in [-0.15, -0.1) is 0 Å². The van der Waals surface area contributed by atoms with Gasteiger partial charge in [-0.25, -0.2) is 4.98 Å². The second kappa shape index (κ2) is 4.63. The van der Waals surface area contributed by atoms with Gasteiger partial charge in [-0.2, -0.15) is 5.26 Å². The Balaban J connectivity index is 2.06. The fourth-order valence-electron chi connectivity index (χ4n) is 2.10. The molecular formula is C11H15N3S. The summed E-state index contributed by atoms with van der Waals surface area (Å²) >= 11 is 1.49. The maximum atomic E-state index is 8.74. The van der Waals surface area contributed by atoms with Crippen molar-refractivity contribution < 1.29 is 0 Å². The molecule has 0 bridgehead atoms. The van der Waals surface area contributed by atoms with Crippen LogP contribution in [0.25, 0.3) is 0 Å². The zero-order valence-corrected chi connectivity index (χ0v) is 9.76. The molecule has 2 rings (SSSR count). The Kier molecular flexibility index (Phi) is 3.22. The molecular weight excluding hydrogens is 206 g/mol. The first-order chi connectivity index (χ1) is 7.31. The lowest BCUT2D eigenvalue weighted by atomic mass is 9.95. The molecule has 0 amide bonds. The fourth-order valence-corrected chi connectivity index (χ4v) is 2.85. The van der Waals surface area contributed by atoms with E-state index in [0.717, 1.165) is 5.13 Å². The molecule has 80 valence electrons. The molecule has 0 aliphatic heterocycles. The number of nitriles is 1. The highest BCUT2D eigenvalue weighted by molar-refractivity contribution is 7.16. The Morgan fingerprint density at radius 2 is 2.20 bits per heavy atom. The van der Waals surface area contributed by atoms with Crippen LogP contribution in [0.3, 0.4) is 0 Å². The Morgan fingerprint density at radius 1 is 1.47 bits per heavy atom. The number of thiazole rings is 1. The van der Waals surface area contributed by atoms with Crippen LogP contribution in [0.1, 0.15) is 37.0 Å². The summed E-state index contributed by atoms with van der Waals surface area (Å²) < 4.78 is 0. The molecule has 1 aliphatic rings. The molecule has 0 saturated heterocycles. The van der Waals surface area contributed by atoms with Crippen LogP contribution in [0.4, 0.5) is 5.13 Å². The largest absolute Gasteiger partial charge is 0.348 e. The average molecular weight is 221 g/mol. The molecule has 1 heterocycles. The van der Waals surface area contributed by atoms with Crippen molar-refractivity contribution in [2.75, 3.05) is 11.9 Å². The van der Waals surface area contributed by atoms with Gasteiger partial charge in [0.05, 0.1) is 6.20 Å². The van der Waals surface area contributed by atoms with E-state index in [-0.39, 0.29) is 0 Å². The van der Waals surface area contributed by atoms with E-state index < -0.39 is 0 Å². The van der Waals surface area contributed by atoms with E-state index in [0.29, 0.717) is 10.9 Å². The van der Waals surface area contributed by atoms with Crippen molar-refractivity contribution in [3.63, 3.8) is 0 Å². The fraction of sp³-hybridized carbons (Fsp3) is 0.636. The first-order valence-corrected chi connectivity index (χ1v) is 6.21. The standard InChI is InChI=1S/C11H15N3S/c1-14(9-5-3-2-4-6-9)11-13-8-10(7-12)15-11/h8-9H,2-6H2,1H3. The highest BCUT2D eigenvalue weighted by Gasteiger charge is 2.20. The van der Waals surface area contributed by atoms with Gasteiger partial charge in [-0.05, 0) is 12.8 Å². The molecule has 1 aromatic rings. The zero-order valence-electron chi connectivity index (χ0n) is 8.94. The van der Waals surface area contributed by atoms with Gasteiger partial charge in [0.15, 0.2) is 5.13 Å². The summed E-state index contributed by atoms with van der Waals surface area (Å²) in [5.74, 6) is 0. The van der Waals surface area contributed by atoms with Crippen LogP contribution >= 0.6 is 11.3 Å². The lowest BCUT2D eigenvalue weighted by Crippen LogP contribution is -2.33. The maximum Gasteiger partial charge on any atom is 0.186 e. The van der Waals surface area contributed by atoms with E-state index in [1.807, 2.05) is 0 Å². The SMILES string of the molecule is CN(c1ncc(C#N)s1)C1CCCCC1. The average Bonchev–Trinajstić information content (AvgIpc) is 2.78. The molecule has 4 heteroatoms. The lowest BCUT2D eigenvalue weighted by Gasteiger charge is -2.30. The van der Waals surface area contributed by atoms with Crippen molar-refractivity contribution in [3.05, 3.63) is 11.1 Å². The molecule has 0 spiro atoms. The number of hydrogen-bond donors (Lipinski definition) is 0. The molecule has 1 saturated carbocycles. The van der Waals surface area contributed by atoms with E-state index in [9.17, 15) is 0 Å². The summed E-state index contributed by atoms with van der Waals surface area (Å²) in [5, 5.41) is 9.73. The Morgan fingerprint density at radius 3 is 2.80 bits per heavy atom. The number of nitrogens with zero attached hydrogens (tertiary/aromatic N) is 3. The minimum Gasteiger partial charge on any atom is -0.348 e. The summed E-state index contributed by atoms with van der Waals surface area (Å²) in [7, 11) is 2.09. The summed E-state index contributed by atoms with van der Waals surface area (Å²) in [6.45, 7) is 0. The second-order valence-electron chi connectivity index (χ2n) is 4.02. The van der Waals surface area contributed by atoms with Gasteiger partial charge in [0.2, 0.25) is 0 Å². The Bertz CT molecular complexity index is 360. The third-order valence-electron chi connectivity index (χ3n) is 3.03. The van der Waals surface area contributed by atoms with Gasteiger partial charge >= 0.3 is 0 Å². The predicted molar refractivity (Wildman–Crippen MR) is 62.1 cm³/mol. The predicted octanol–water partition coefficient (Wildman–Crippen LogP) is 2.78. The monoisotopic (exact) mass is 221 g/mol. The van der Waals surface area contributed by atoms with Crippen LogP contribution in [-0.2, 0) is 0 Å². The van der Waals surface area contributed by atoms with Gasteiger partial charge in [0.1, 0.15) is 10.9 Å². The van der Waals surface area contributed by atoms with Gasteiger partial charge in [-0.3, -0.25) is 0 Å². The Labute approximate surface area is 94.4 Å². The van der Waals surface area contributed by atoms with Crippen LogP contribution in [-0.4, -0.2) is 18.1 Å². The summed E-state index contributed by atoms with van der Waals surface area (Å²) in [5.41, 5.74) is 0. The minimum atomic E-state index is 0.622. The van der Waals surface area contributed by atoms with Crippen molar-refractivity contribution in [1.82, 2.24) is 4.98 Å². The van der Waals surface area contributed by atoms with Crippen LogP contribution < -0.4 is 4.90 Å². The number of rotatable bonds is 2. The minimum absolute atomic E-state index is 0.622. The van der Waals surface area contributed by atoms with Crippen LogP contribution in [0, 0.1) is 11.3 Å². The molecule has 0 aromatic carbocycles. The van der Waals surface area contributed by atoms with E-state index in [1.165, 1.54) is 43.4 Å². The van der Waals surface area contributed by atoms with Gasteiger partial charge in [0, 0.05) is 13.1 Å². The first kappa shape index (κ1) is 10.4. The van der Waals surface area contributed by atoms with Crippen molar-refractivity contribution in [1.29, 1.82) is 5.26 Å². The molecule has 0 radical (unpaired) electrons. The normalized spacial score (nSPS) is 17.3. The highest BCUT2D eigenvalue weighted by Crippen LogP contribution is 2.28. The molecule has 1 fully saturated rings. The topological polar surface area (TPSA) is 39.9 Å². The van der Waals surface area contributed by atoms with E-state index in [2.05, 4.69) is 23.0 Å². The van der Waals surface area contributed by atoms with Crippen LogP contribution in [0.5, 0.6) is 0 Å². The maximum absolute atomic E-state index is 8.74. The molecule has 0 atom stereocenters. The third kappa shape index (κ3) is 2.29. The molecule has 1 aliphatic carbocycles. The van der Waals surface area contributed by atoms with Crippen molar-refractivity contribution in [2.45, 2.75) is 38.1 Å². The second-order valence-corrected chi connectivity index (χ2v) is 5.03. The molecule has 1 aromatic heterocycles. The van der Waals surface area contributed by atoms with E-state index in [1.54, 1.807) is 6.20 Å².